The second kappa shape index (κ2) is 8.24. The quantitative estimate of drug-likeness (QED) is 0.567. The van der Waals surface area contributed by atoms with E-state index in [0.717, 1.165) is 0 Å². The summed E-state index contributed by atoms with van der Waals surface area (Å²) in [7, 11) is -3.39. The molecule has 1 aromatic carbocycles. The van der Waals surface area contributed by atoms with Crippen molar-refractivity contribution in [3.05, 3.63) is 24.3 Å². The number of rotatable bonds is 8. The van der Waals surface area contributed by atoms with Crippen LogP contribution in [0.3, 0.4) is 0 Å². The molecule has 21 heavy (non-hydrogen) atoms. The molecule has 2 N–H and O–H groups in total. The molecule has 0 radical (unpaired) electrons. The molecule has 0 spiro atoms. The monoisotopic (exact) mass is 332 g/mol. The van der Waals surface area contributed by atoms with Gasteiger partial charge in [0.1, 0.15) is 0 Å². The van der Waals surface area contributed by atoms with Crippen LogP contribution < -0.4 is 10.0 Å². The van der Waals surface area contributed by atoms with Crippen LogP contribution in [0.15, 0.2) is 24.3 Å². The summed E-state index contributed by atoms with van der Waals surface area (Å²) in [5, 5.41) is 2.73. The largest absolute Gasteiger partial charge is 0.326 e. The molecule has 0 aliphatic rings. The Morgan fingerprint density at radius 1 is 1.24 bits per heavy atom. The maximum atomic E-state index is 11.9. The van der Waals surface area contributed by atoms with Crippen LogP contribution in [0, 0.1) is 5.92 Å². The van der Waals surface area contributed by atoms with Gasteiger partial charge in [-0.15, -0.1) is 11.6 Å². The van der Waals surface area contributed by atoms with E-state index in [2.05, 4.69) is 10.0 Å². The average Bonchev–Trinajstić information content (AvgIpc) is 2.38. The van der Waals surface area contributed by atoms with Gasteiger partial charge in [-0.1, -0.05) is 19.9 Å². The Morgan fingerprint density at radius 3 is 2.52 bits per heavy atom. The molecular weight excluding hydrogens is 312 g/mol. The van der Waals surface area contributed by atoms with E-state index < -0.39 is 10.0 Å². The Morgan fingerprint density at radius 2 is 1.90 bits per heavy atom. The van der Waals surface area contributed by atoms with Crippen LogP contribution in [0.25, 0.3) is 0 Å². The van der Waals surface area contributed by atoms with Gasteiger partial charge in [0.25, 0.3) is 0 Å². The smallest absolute Gasteiger partial charge is 0.232 e. The molecule has 1 rings (SSSR count). The summed E-state index contributed by atoms with van der Waals surface area (Å²) in [6.45, 7) is 3.58. The predicted octanol–water partition coefficient (Wildman–Crippen LogP) is 3.04. The second-order valence-corrected chi connectivity index (χ2v) is 7.26. The third-order valence-corrected chi connectivity index (χ3v) is 4.36. The van der Waals surface area contributed by atoms with Crippen molar-refractivity contribution in [2.75, 3.05) is 21.7 Å². The first-order chi connectivity index (χ1) is 9.84. The molecule has 118 valence electrons. The molecule has 0 saturated carbocycles. The topological polar surface area (TPSA) is 75.3 Å². The van der Waals surface area contributed by atoms with Crippen LogP contribution in [0.4, 0.5) is 11.4 Å². The average molecular weight is 333 g/mol. The number of hydrogen-bond donors (Lipinski definition) is 2. The van der Waals surface area contributed by atoms with Crippen LogP contribution in [0.1, 0.15) is 26.7 Å². The van der Waals surface area contributed by atoms with Crippen LogP contribution >= 0.6 is 11.6 Å². The number of sulfonamides is 1. The Kier molecular flexibility index (Phi) is 6.98. The number of benzene rings is 1. The van der Waals surface area contributed by atoms with Crippen molar-refractivity contribution < 1.29 is 13.2 Å². The zero-order valence-electron chi connectivity index (χ0n) is 12.2. The van der Waals surface area contributed by atoms with Gasteiger partial charge in [-0.2, -0.15) is 0 Å². The molecule has 0 aromatic heterocycles. The maximum absolute atomic E-state index is 11.9. The minimum absolute atomic E-state index is 0.0301. The lowest BCUT2D eigenvalue weighted by Gasteiger charge is -2.11. The van der Waals surface area contributed by atoms with Crippen molar-refractivity contribution in [2.24, 2.45) is 5.92 Å². The number of nitrogens with one attached hydrogen (secondary N) is 2. The van der Waals surface area contributed by atoms with Gasteiger partial charge in [-0.3, -0.25) is 9.52 Å². The maximum Gasteiger partial charge on any atom is 0.232 e. The normalized spacial score (nSPS) is 11.4. The minimum Gasteiger partial charge on any atom is -0.326 e. The lowest BCUT2D eigenvalue weighted by atomic mass is 10.2. The Hall–Kier alpha value is -1.27. The van der Waals surface area contributed by atoms with E-state index in [1.54, 1.807) is 38.1 Å². The molecule has 5 nitrogen and oxygen atoms in total. The molecule has 1 amide bonds. The molecule has 1 aromatic rings. The minimum atomic E-state index is -3.39. The standard InChI is InChI=1S/C14H21ClN2O3S/c1-11(2)14(18)16-12-6-5-7-13(10-12)17-21(19,20)9-4-3-8-15/h5-7,10-11,17H,3-4,8-9H2,1-2H3,(H,16,18). The first-order valence-corrected chi connectivity index (χ1v) is 9.00. The van der Waals surface area contributed by atoms with E-state index in [0.29, 0.717) is 30.1 Å². The molecule has 7 heteroatoms. The number of amides is 1. The zero-order chi connectivity index (χ0) is 15.9. The number of halogens is 1. The summed E-state index contributed by atoms with van der Waals surface area (Å²) in [4.78, 5) is 11.6. The molecule has 0 unspecified atom stereocenters. The lowest BCUT2D eigenvalue weighted by Crippen LogP contribution is -2.19. The van der Waals surface area contributed by atoms with Crippen LogP contribution in [-0.2, 0) is 14.8 Å². The lowest BCUT2D eigenvalue weighted by molar-refractivity contribution is -0.118. The van der Waals surface area contributed by atoms with Gasteiger partial charge in [0.05, 0.1) is 11.4 Å². The highest BCUT2D eigenvalue weighted by molar-refractivity contribution is 7.92. The third-order valence-electron chi connectivity index (χ3n) is 2.72. The van der Waals surface area contributed by atoms with Gasteiger partial charge in [-0.05, 0) is 31.0 Å². The van der Waals surface area contributed by atoms with Crippen molar-refractivity contribution in [1.29, 1.82) is 0 Å². The van der Waals surface area contributed by atoms with Gasteiger partial charge < -0.3 is 5.32 Å². The summed E-state index contributed by atoms with van der Waals surface area (Å²) >= 11 is 5.53. The summed E-state index contributed by atoms with van der Waals surface area (Å²) in [5.41, 5.74) is 0.997. The highest BCUT2D eigenvalue weighted by atomic mass is 35.5. The van der Waals surface area contributed by atoms with Gasteiger partial charge in [-0.25, -0.2) is 8.42 Å². The van der Waals surface area contributed by atoms with Gasteiger partial charge in [0.2, 0.25) is 15.9 Å². The van der Waals surface area contributed by atoms with Crippen molar-refractivity contribution in [1.82, 2.24) is 0 Å². The van der Waals surface area contributed by atoms with E-state index in [9.17, 15) is 13.2 Å². The van der Waals surface area contributed by atoms with Gasteiger partial charge in [0, 0.05) is 17.5 Å². The molecule has 0 atom stereocenters. The Bertz CT molecular complexity index is 573. The first-order valence-electron chi connectivity index (χ1n) is 6.81. The molecule has 0 heterocycles. The summed E-state index contributed by atoms with van der Waals surface area (Å²) in [6.07, 6.45) is 1.18. The fraction of sp³-hybridized carbons (Fsp3) is 0.500. The van der Waals surface area contributed by atoms with Crippen LogP contribution in [-0.4, -0.2) is 26.0 Å². The van der Waals surface area contributed by atoms with E-state index in [-0.39, 0.29) is 17.6 Å². The fourth-order valence-corrected chi connectivity index (χ4v) is 2.93. The number of carbonyl (C=O) groups is 1. The molecule has 0 saturated heterocycles. The molecule has 0 fully saturated rings. The molecule has 0 bridgehead atoms. The molecule has 0 aliphatic heterocycles. The van der Waals surface area contributed by atoms with Gasteiger partial charge >= 0.3 is 0 Å². The second-order valence-electron chi connectivity index (χ2n) is 5.04. The Labute approximate surface area is 131 Å². The summed E-state index contributed by atoms with van der Waals surface area (Å²) in [5.74, 6) is 0.229. The van der Waals surface area contributed by atoms with E-state index in [4.69, 9.17) is 11.6 Å². The van der Waals surface area contributed by atoms with E-state index in [1.807, 2.05) is 0 Å². The molecular formula is C14H21ClN2O3S. The van der Waals surface area contributed by atoms with E-state index >= 15 is 0 Å². The third kappa shape index (κ3) is 6.82. The number of anilines is 2. The van der Waals surface area contributed by atoms with Crippen LogP contribution in [0.5, 0.6) is 0 Å². The van der Waals surface area contributed by atoms with Crippen molar-refractivity contribution in [2.45, 2.75) is 26.7 Å². The predicted molar refractivity (Wildman–Crippen MR) is 87.3 cm³/mol. The number of carbonyl (C=O) groups excluding carboxylic acids is 1. The number of hydrogen-bond acceptors (Lipinski definition) is 3. The number of unbranched alkanes of at least 4 members (excludes halogenated alkanes) is 1. The Balaban J connectivity index is 2.70. The summed E-state index contributed by atoms with van der Waals surface area (Å²) in [6, 6.07) is 6.64. The van der Waals surface area contributed by atoms with Crippen molar-refractivity contribution in [3.63, 3.8) is 0 Å². The SMILES string of the molecule is CC(C)C(=O)Nc1cccc(NS(=O)(=O)CCCCCl)c1. The first kappa shape index (κ1) is 17.8. The van der Waals surface area contributed by atoms with Crippen molar-refractivity contribution >= 4 is 38.9 Å². The van der Waals surface area contributed by atoms with Gasteiger partial charge in [0.15, 0.2) is 0 Å². The molecule has 0 aliphatic carbocycles. The highest BCUT2D eigenvalue weighted by Gasteiger charge is 2.11. The van der Waals surface area contributed by atoms with Crippen LogP contribution in [0.2, 0.25) is 0 Å². The van der Waals surface area contributed by atoms with Crippen molar-refractivity contribution in [3.8, 4) is 0 Å². The van der Waals surface area contributed by atoms with E-state index in [1.165, 1.54) is 0 Å². The summed E-state index contributed by atoms with van der Waals surface area (Å²) < 4.78 is 26.2. The number of alkyl halides is 1. The zero-order valence-corrected chi connectivity index (χ0v) is 13.8. The fourth-order valence-electron chi connectivity index (χ4n) is 1.56. The highest BCUT2D eigenvalue weighted by Crippen LogP contribution is 2.17.